The summed E-state index contributed by atoms with van der Waals surface area (Å²) in [5.74, 6) is 2.76. The molecule has 1 aromatic carbocycles. The summed E-state index contributed by atoms with van der Waals surface area (Å²) in [5.41, 5.74) is 0.691. The summed E-state index contributed by atoms with van der Waals surface area (Å²) in [6.45, 7) is 1.97. The maximum atomic E-state index is 13.5. The van der Waals surface area contributed by atoms with Crippen LogP contribution in [0.2, 0.25) is 0 Å². The van der Waals surface area contributed by atoms with Crippen molar-refractivity contribution < 1.29 is 40.6 Å². The van der Waals surface area contributed by atoms with Crippen LogP contribution in [0.5, 0.6) is 0 Å². The molecule has 0 aliphatic heterocycles. The van der Waals surface area contributed by atoms with Crippen molar-refractivity contribution in [3.63, 3.8) is 0 Å². The number of carbonyl (C=O) groups is 2. The predicted octanol–water partition coefficient (Wildman–Crippen LogP) is 1.24. The number of aliphatic hydroxyl groups excluding tert-OH is 1. The third kappa shape index (κ3) is 7.11. The Morgan fingerprint density at radius 2 is 1.91 bits per heavy atom. The van der Waals surface area contributed by atoms with E-state index in [-0.39, 0.29) is 41.3 Å². The highest BCUT2D eigenvalue weighted by atomic mass is 32.3. The summed E-state index contributed by atoms with van der Waals surface area (Å²) in [5, 5.41) is 15.6. The van der Waals surface area contributed by atoms with Crippen LogP contribution in [-0.2, 0) is 25.9 Å². The Morgan fingerprint density at radius 1 is 1.23 bits per heavy atom. The maximum absolute atomic E-state index is 13.5. The number of hydrogen-bond acceptors (Lipinski definition) is 7. The molecule has 0 bridgehead atoms. The molecule has 1 heterocycles. The van der Waals surface area contributed by atoms with Crippen molar-refractivity contribution in [3.8, 4) is 24.2 Å². The fourth-order valence-corrected chi connectivity index (χ4v) is 3.46. The number of carbonyl (C=O) groups excluding carboxylic acids is 2. The van der Waals surface area contributed by atoms with E-state index in [0.29, 0.717) is 0 Å². The Labute approximate surface area is 200 Å². The van der Waals surface area contributed by atoms with Crippen molar-refractivity contribution in [1.29, 1.82) is 0 Å². The molecule has 1 atom stereocenters. The molecule has 1 aromatic heterocycles. The standard InChI is InChI=1S/C22H21F2N3O7S/c1-4-10-27-14(3)18(20(28)22(30)25-9-5-6-11-34-35(31,32)33)13(2)19(27)21(29)26-15-7-8-16(23)17(24)12-15/h1,7-8,12,21,26,29H,9-11H2,2-3H3,(H,25,30)(H,31,32,33). The minimum Gasteiger partial charge on any atom is -0.368 e. The van der Waals surface area contributed by atoms with Crippen molar-refractivity contribution in [2.24, 2.45) is 0 Å². The number of aliphatic hydroxyl groups is 1. The highest BCUT2D eigenvalue weighted by Gasteiger charge is 2.29. The number of benzene rings is 1. The van der Waals surface area contributed by atoms with Crippen molar-refractivity contribution in [1.82, 2.24) is 9.88 Å². The lowest BCUT2D eigenvalue weighted by Crippen LogP contribution is -2.32. The van der Waals surface area contributed by atoms with Gasteiger partial charge in [0, 0.05) is 17.4 Å². The van der Waals surface area contributed by atoms with Gasteiger partial charge >= 0.3 is 10.4 Å². The molecule has 10 nitrogen and oxygen atoms in total. The van der Waals surface area contributed by atoms with E-state index in [1.807, 2.05) is 0 Å². The first kappa shape index (κ1) is 27.5. The van der Waals surface area contributed by atoms with E-state index in [2.05, 4.69) is 32.6 Å². The Kier molecular flexibility index (Phi) is 9.11. The lowest BCUT2D eigenvalue weighted by Gasteiger charge is -2.18. The number of hydrogen-bond donors (Lipinski definition) is 4. The normalized spacial score (nSPS) is 11.7. The van der Waals surface area contributed by atoms with Crippen LogP contribution in [0.15, 0.2) is 18.2 Å². The van der Waals surface area contributed by atoms with Gasteiger partial charge in [0.2, 0.25) is 0 Å². The van der Waals surface area contributed by atoms with Crippen molar-refractivity contribution in [3.05, 3.63) is 52.3 Å². The molecule has 1 amide bonds. The second-order valence-corrected chi connectivity index (χ2v) is 8.08. The number of terminal acetylenes is 1. The molecule has 2 rings (SSSR count). The number of Topliss-reactive ketones (excluding diaryl/α,β-unsaturated/α-hetero) is 1. The number of aromatic nitrogens is 1. The van der Waals surface area contributed by atoms with E-state index in [0.717, 1.165) is 12.1 Å². The van der Waals surface area contributed by atoms with Gasteiger partial charge in [-0.15, -0.1) is 6.42 Å². The molecule has 0 saturated heterocycles. The Morgan fingerprint density at radius 3 is 2.51 bits per heavy atom. The second kappa shape index (κ2) is 11.6. The van der Waals surface area contributed by atoms with E-state index in [4.69, 9.17) is 11.0 Å². The van der Waals surface area contributed by atoms with Gasteiger partial charge < -0.3 is 20.3 Å². The minimum atomic E-state index is -4.65. The number of ketones is 1. The Hall–Kier alpha value is -3.75. The van der Waals surface area contributed by atoms with Crippen molar-refractivity contribution in [2.45, 2.75) is 26.6 Å². The van der Waals surface area contributed by atoms with Crippen LogP contribution in [-0.4, -0.2) is 47.5 Å². The smallest absolute Gasteiger partial charge is 0.368 e. The van der Waals surface area contributed by atoms with Gasteiger partial charge in [0.1, 0.15) is 6.61 Å². The van der Waals surface area contributed by atoms with Gasteiger partial charge in [-0.05, 0) is 31.5 Å². The van der Waals surface area contributed by atoms with Crippen molar-refractivity contribution in [2.75, 3.05) is 18.5 Å². The fraction of sp³-hybridized carbons (Fsp3) is 0.273. The largest absolute Gasteiger partial charge is 0.398 e. The topological polar surface area (TPSA) is 147 Å². The van der Waals surface area contributed by atoms with Gasteiger partial charge in [-0.1, -0.05) is 17.8 Å². The molecule has 0 aliphatic rings. The predicted molar refractivity (Wildman–Crippen MR) is 120 cm³/mol. The molecule has 186 valence electrons. The minimum absolute atomic E-state index is 0.0263. The van der Waals surface area contributed by atoms with Gasteiger partial charge in [0.15, 0.2) is 17.9 Å². The third-order valence-electron chi connectivity index (χ3n) is 4.72. The summed E-state index contributed by atoms with van der Waals surface area (Å²) in [6, 6.07) is 2.93. The average molecular weight is 509 g/mol. The van der Waals surface area contributed by atoms with Crippen LogP contribution in [0.4, 0.5) is 14.5 Å². The Balaban J connectivity index is 2.25. The van der Waals surface area contributed by atoms with E-state index < -0.39 is 46.6 Å². The molecule has 0 spiro atoms. The van der Waals surface area contributed by atoms with Crippen LogP contribution in [0, 0.1) is 49.7 Å². The van der Waals surface area contributed by atoms with E-state index in [1.165, 1.54) is 24.5 Å². The van der Waals surface area contributed by atoms with Gasteiger partial charge in [-0.3, -0.25) is 14.1 Å². The number of nitrogens with zero attached hydrogens (tertiary/aromatic N) is 1. The number of nitrogens with one attached hydrogen (secondary N) is 2. The molecule has 35 heavy (non-hydrogen) atoms. The first-order valence-electron chi connectivity index (χ1n) is 9.80. The van der Waals surface area contributed by atoms with Crippen LogP contribution < -0.4 is 10.6 Å². The zero-order valence-electron chi connectivity index (χ0n) is 18.6. The van der Waals surface area contributed by atoms with Crippen molar-refractivity contribution >= 4 is 27.8 Å². The molecule has 1 unspecified atom stereocenters. The fourth-order valence-electron chi connectivity index (χ4n) is 3.25. The summed E-state index contributed by atoms with van der Waals surface area (Å²) < 4.78 is 61.4. The summed E-state index contributed by atoms with van der Waals surface area (Å²) >= 11 is 0. The lowest BCUT2D eigenvalue weighted by molar-refractivity contribution is -0.116. The van der Waals surface area contributed by atoms with Gasteiger partial charge in [-0.25, -0.2) is 13.0 Å². The van der Waals surface area contributed by atoms with E-state index in [9.17, 15) is 31.9 Å². The van der Waals surface area contributed by atoms with Crippen LogP contribution in [0.25, 0.3) is 0 Å². The zero-order valence-corrected chi connectivity index (χ0v) is 19.4. The van der Waals surface area contributed by atoms with Gasteiger partial charge in [0.25, 0.3) is 11.7 Å². The van der Waals surface area contributed by atoms with Gasteiger partial charge in [-0.2, -0.15) is 8.42 Å². The molecule has 4 N–H and O–H groups in total. The quantitative estimate of drug-likeness (QED) is 0.130. The molecular weight excluding hydrogens is 488 g/mol. The molecule has 0 radical (unpaired) electrons. The molecule has 13 heteroatoms. The molecule has 0 fully saturated rings. The lowest BCUT2D eigenvalue weighted by atomic mass is 10.0. The van der Waals surface area contributed by atoms with E-state index >= 15 is 0 Å². The molecule has 2 aromatic rings. The first-order valence-corrected chi connectivity index (χ1v) is 11.2. The number of amides is 1. The first-order chi connectivity index (χ1) is 16.4. The Bertz CT molecular complexity index is 1350. The van der Waals surface area contributed by atoms with E-state index in [1.54, 1.807) is 0 Å². The number of rotatable bonds is 9. The molecule has 0 aliphatic carbocycles. The maximum Gasteiger partial charge on any atom is 0.398 e. The molecule has 0 saturated carbocycles. The summed E-state index contributed by atoms with van der Waals surface area (Å²) in [7, 11) is -4.65. The van der Waals surface area contributed by atoms with Crippen LogP contribution in [0.3, 0.4) is 0 Å². The molecular formula is C22H21F2N3O7S. The summed E-state index contributed by atoms with van der Waals surface area (Å²) in [4.78, 5) is 25.2. The third-order valence-corrected chi connectivity index (χ3v) is 5.14. The monoisotopic (exact) mass is 509 g/mol. The highest BCUT2D eigenvalue weighted by Crippen LogP contribution is 2.29. The SMILES string of the molecule is C#CCn1c(C)c(C(=O)C(=O)NCC#CCOS(=O)(=O)O)c(C)c1C(O)Nc1ccc(F)c(F)c1. The summed E-state index contributed by atoms with van der Waals surface area (Å²) in [6.07, 6.45) is 3.91. The highest BCUT2D eigenvalue weighted by molar-refractivity contribution is 7.80. The number of halogens is 2. The average Bonchev–Trinajstić information content (AvgIpc) is 3.01. The van der Waals surface area contributed by atoms with Gasteiger partial charge in [0.05, 0.1) is 24.3 Å². The number of anilines is 1. The van der Waals surface area contributed by atoms with Crippen LogP contribution in [0.1, 0.15) is 33.5 Å². The second-order valence-electron chi connectivity index (χ2n) is 6.99. The zero-order chi connectivity index (χ0) is 26.3. The van der Waals surface area contributed by atoms with Crippen LogP contribution >= 0.6 is 0 Å².